The maximum atomic E-state index is 4.34. The van der Waals surface area contributed by atoms with Crippen LogP contribution in [0, 0.1) is 6.92 Å². The molecule has 0 spiro atoms. The monoisotopic (exact) mass is 255 g/mol. The minimum atomic E-state index is 0.529. The summed E-state index contributed by atoms with van der Waals surface area (Å²) in [6.07, 6.45) is 3.77. The van der Waals surface area contributed by atoms with Gasteiger partial charge in [0.05, 0.1) is 0 Å². The molecule has 3 nitrogen and oxygen atoms in total. The summed E-state index contributed by atoms with van der Waals surface area (Å²) in [5, 5.41) is 3.11. The van der Waals surface area contributed by atoms with Crippen LogP contribution in [0.2, 0.25) is 0 Å². The summed E-state index contributed by atoms with van der Waals surface area (Å²) in [6.45, 7) is 9.41. The first-order valence-electron chi connectivity index (χ1n) is 6.78. The van der Waals surface area contributed by atoms with Crippen molar-refractivity contribution in [2.45, 2.75) is 33.6 Å². The largest absolute Gasteiger partial charge is 0.355 e. The summed E-state index contributed by atoms with van der Waals surface area (Å²) < 4.78 is 0. The lowest BCUT2D eigenvalue weighted by Crippen LogP contribution is -2.01. The van der Waals surface area contributed by atoms with Crippen LogP contribution < -0.4 is 5.32 Å². The zero-order valence-corrected chi connectivity index (χ0v) is 12.1. The number of nitrogens with zero attached hydrogens (tertiary/aromatic N) is 2. The Labute approximate surface area is 115 Å². The van der Waals surface area contributed by atoms with Crippen molar-refractivity contribution in [3.05, 3.63) is 41.7 Å². The van der Waals surface area contributed by atoms with Crippen LogP contribution in [0.15, 0.2) is 30.6 Å². The molecule has 1 N–H and O–H groups in total. The molecule has 0 saturated carbocycles. The van der Waals surface area contributed by atoms with Gasteiger partial charge in [-0.05, 0) is 36.5 Å². The third kappa shape index (κ3) is 3.11. The summed E-state index contributed by atoms with van der Waals surface area (Å²) in [4.78, 5) is 8.68. The van der Waals surface area contributed by atoms with Crippen LogP contribution in [0.1, 0.15) is 37.8 Å². The first-order chi connectivity index (χ1) is 9.11. The Bertz CT molecular complexity index is 544. The molecule has 0 radical (unpaired) electrons. The van der Waals surface area contributed by atoms with Crippen molar-refractivity contribution < 1.29 is 0 Å². The van der Waals surface area contributed by atoms with Crippen molar-refractivity contribution in [3.63, 3.8) is 0 Å². The Kier molecular flexibility index (Phi) is 4.15. The molecular formula is C16H21N3. The summed E-state index contributed by atoms with van der Waals surface area (Å²) in [7, 11) is 0. The van der Waals surface area contributed by atoms with Crippen LogP contribution in [0.25, 0.3) is 11.1 Å². The van der Waals surface area contributed by atoms with Crippen molar-refractivity contribution in [1.82, 2.24) is 9.97 Å². The number of hydrogen-bond donors (Lipinski definition) is 1. The van der Waals surface area contributed by atoms with E-state index in [1.165, 1.54) is 16.7 Å². The summed E-state index contributed by atoms with van der Waals surface area (Å²) in [6, 6.07) is 6.60. The van der Waals surface area contributed by atoms with Crippen molar-refractivity contribution >= 4 is 5.95 Å². The van der Waals surface area contributed by atoms with Crippen LogP contribution >= 0.6 is 0 Å². The number of aromatic nitrogens is 2. The average molecular weight is 255 g/mol. The van der Waals surface area contributed by atoms with Crippen molar-refractivity contribution in [2.75, 3.05) is 11.9 Å². The zero-order chi connectivity index (χ0) is 13.8. The van der Waals surface area contributed by atoms with Gasteiger partial charge in [0.2, 0.25) is 5.95 Å². The fraction of sp³-hybridized carbons (Fsp3) is 0.375. The number of nitrogens with one attached hydrogen (secondary N) is 1. The SMILES string of the molecule is CCNc1ncc(-c2cc(C(C)C)ccc2C)cn1. The van der Waals surface area contributed by atoms with Crippen molar-refractivity contribution in [2.24, 2.45) is 0 Å². The van der Waals surface area contributed by atoms with Gasteiger partial charge >= 0.3 is 0 Å². The van der Waals surface area contributed by atoms with E-state index >= 15 is 0 Å². The highest BCUT2D eigenvalue weighted by Gasteiger charge is 2.07. The van der Waals surface area contributed by atoms with Crippen molar-refractivity contribution in [1.29, 1.82) is 0 Å². The second kappa shape index (κ2) is 5.83. The van der Waals surface area contributed by atoms with E-state index in [9.17, 15) is 0 Å². The molecule has 0 atom stereocenters. The molecule has 0 aliphatic heterocycles. The van der Waals surface area contributed by atoms with Gasteiger partial charge < -0.3 is 5.32 Å². The number of benzene rings is 1. The first kappa shape index (κ1) is 13.5. The van der Waals surface area contributed by atoms with E-state index in [1.807, 2.05) is 19.3 Å². The van der Waals surface area contributed by atoms with Gasteiger partial charge in [0.25, 0.3) is 0 Å². The third-order valence-corrected chi connectivity index (χ3v) is 3.23. The van der Waals surface area contributed by atoms with Gasteiger partial charge in [0, 0.05) is 24.5 Å². The molecule has 1 aromatic carbocycles. The second-order valence-electron chi connectivity index (χ2n) is 5.05. The van der Waals surface area contributed by atoms with Gasteiger partial charge in [-0.1, -0.05) is 32.0 Å². The van der Waals surface area contributed by atoms with E-state index in [1.54, 1.807) is 0 Å². The first-order valence-corrected chi connectivity index (χ1v) is 6.78. The van der Waals surface area contributed by atoms with E-state index in [0.717, 1.165) is 12.1 Å². The zero-order valence-electron chi connectivity index (χ0n) is 12.1. The molecular weight excluding hydrogens is 234 g/mol. The molecule has 2 rings (SSSR count). The normalized spacial score (nSPS) is 10.8. The molecule has 0 fully saturated rings. The molecule has 0 unspecified atom stereocenters. The van der Waals surface area contributed by atoms with E-state index in [0.29, 0.717) is 11.9 Å². The Morgan fingerprint density at radius 1 is 1.16 bits per heavy atom. The number of rotatable bonds is 4. The van der Waals surface area contributed by atoms with Crippen LogP contribution in [0.4, 0.5) is 5.95 Å². The molecule has 0 amide bonds. The van der Waals surface area contributed by atoms with E-state index in [2.05, 4.69) is 54.3 Å². The lowest BCUT2D eigenvalue weighted by atomic mass is 9.95. The molecule has 19 heavy (non-hydrogen) atoms. The Morgan fingerprint density at radius 3 is 2.42 bits per heavy atom. The van der Waals surface area contributed by atoms with Crippen molar-refractivity contribution in [3.8, 4) is 11.1 Å². The topological polar surface area (TPSA) is 37.8 Å². The Hall–Kier alpha value is -1.90. The Balaban J connectivity index is 2.37. The van der Waals surface area contributed by atoms with E-state index < -0.39 is 0 Å². The van der Waals surface area contributed by atoms with Crippen LogP contribution in [0.5, 0.6) is 0 Å². The minimum Gasteiger partial charge on any atom is -0.355 e. The molecule has 2 aromatic rings. The predicted octanol–water partition coefficient (Wildman–Crippen LogP) is 4.01. The number of hydrogen-bond acceptors (Lipinski definition) is 3. The van der Waals surface area contributed by atoms with Gasteiger partial charge in [0.15, 0.2) is 0 Å². The van der Waals surface area contributed by atoms with E-state index in [4.69, 9.17) is 0 Å². The van der Waals surface area contributed by atoms with E-state index in [-0.39, 0.29) is 0 Å². The standard InChI is InChI=1S/C16H21N3/c1-5-17-16-18-9-14(10-19-16)15-8-13(11(2)3)7-6-12(15)4/h6-11H,5H2,1-4H3,(H,17,18,19). The Morgan fingerprint density at radius 2 is 1.84 bits per heavy atom. The molecule has 0 bridgehead atoms. The lowest BCUT2D eigenvalue weighted by Gasteiger charge is -2.11. The fourth-order valence-electron chi connectivity index (χ4n) is 2.03. The molecule has 3 heteroatoms. The van der Waals surface area contributed by atoms with Gasteiger partial charge in [0.1, 0.15) is 0 Å². The molecule has 0 saturated heterocycles. The van der Waals surface area contributed by atoms with Gasteiger partial charge in [-0.3, -0.25) is 0 Å². The van der Waals surface area contributed by atoms with Crippen LogP contribution in [-0.4, -0.2) is 16.5 Å². The lowest BCUT2D eigenvalue weighted by molar-refractivity contribution is 0.866. The molecule has 1 aromatic heterocycles. The highest BCUT2D eigenvalue weighted by molar-refractivity contribution is 5.67. The molecule has 0 aliphatic carbocycles. The molecule has 100 valence electrons. The summed E-state index contributed by atoms with van der Waals surface area (Å²) in [5.74, 6) is 1.21. The third-order valence-electron chi connectivity index (χ3n) is 3.23. The maximum absolute atomic E-state index is 4.34. The predicted molar refractivity (Wildman–Crippen MR) is 80.5 cm³/mol. The van der Waals surface area contributed by atoms with Crippen LogP contribution in [0.3, 0.4) is 0 Å². The molecule has 0 aliphatic rings. The number of aryl methyl sites for hydroxylation is 1. The van der Waals surface area contributed by atoms with Gasteiger partial charge in [-0.2, -0.15) is 0 Å². The fourth-order valence-corrected chi connectivity index (χ4v) is 2.03. The second-order valence-corrected chi connectivity index (χ2v) is 5.05. The highest BCUT2D eigenvalue weighted by Crippen LogP contribution is 2.26. The van der Waals surface area contributed by atoms with Gasteiger partial charge in [-0.25, -0.2) is 9.97 Å². The molecule has 1 heterocycles. The highest BCUT2D eigenvalue weighted by atomic mass is 15.1. The smallest absolute Gasteiger partial charge is 0.222 e. The quantitative estimate of drug-likeness (QED) is 0.897. The average Bonchev–Trinajstić information content (AvgIpc) is 2.40. The minimum absolute atomic E-state index is 0.529. The maximum Gasteiger partial charge on any atom is 0.222 e. The summed E-state index contributed by atoms with van der Waals surface area (Å²) in [5.41, 5.74) is 4.89. The van der Waals surface area contributed by atoms with Crippen LogP contribution in [-0.2, 0) is 0 Å². The van der Waals surface area contributed by atoms with Gasteiger partial charge in [-0.15, -0.1) is 0 Å². The number of anilines is 1. The summed E-state index contributed by atoms with van der Waals surface area (Å²) >= 11 is 0.